The van der Waals surface area contributed by atoms with Crippen molar-refractivity contribution in [3.8, 4) is 0 Å². The van der Waals surface area contributed by atoms with Gasteiger partial charge in [-0.25, -0.2) is 4.79 Å². The molecule has 0 radical (unpaired) electrons. The number of likely N-dealkylation sites (N-methyl/N-ethyl adjacent to an activating group) is 7. The molecule has 28 nitrogen and oxygen atoms in total. The number of halogens is 3. The summed E-state index contributed by atoms with van der Waals surface area (Å²) < 4.78 is 53.0. The average Bonchev–Trinajstić information content (AvgIpc) is 1.67. The molecule has 5 fully saturated rings. The predicted octanol–water partition coefficient (Wildman–Crippen LogP) is 1.46. The molecule has 1 aromatic carbocycles. The lowest BCUT2D eigenvalue weighted by molar-refractivity contribution is -0.160. The number of hydrogen-bond acceptors (Lipinski definition) is 15. The number of carbonyl (C=O) groups excluding carboxylic acids is 12. The summed E-state index contributed by atoms with van der Waals surface area (Å²) in [5.74, 6) is -12.2. The fourth-order valence-corrected chi connectivity index (χ4v) is 13.7. The summed E-state index contributed by atoms with van der Waals surface area (Å²) in [4.78, 5) is 200. The van der Waals surface area contributed by atoms with Gasteiger partial charge in [0, 0.05) is 88.9 Å². The third kappa shape index (κ3) is 18.8. The molecule has 97 heavy (non-hydrogen) atoms. The van der Waals surface area contributed by atoms with Gasteiger partial charge in [-0.15, -0.1) is 0 Å². The van der Waals surface area contributed by atoms with Gasteiger partial charge >= 0.3 is 12.1 Å². The topological polar surface area (TPSA) is 326 Å². The fourth-order valence-electron chi connectivity index (χ4n) is 13.7. The van der Waals surface area contributed by atoms with E-state index in [4.69, 9.17) is 9.47 Å². The number of alkyl halides is 3. The van der Waals surface area contributed by atoms with Crippen LogP contribution < -0.4 is 16.0 Å². The van der Waals surface area contributed by atoms with Crippen LogP contribution >= 0.6 is 0 Å². The highest BCUT2D eigenvalue weighted by Crippen LogP contribution is 2.39. The minimum Gasteiger partial charge on any atom is -0.480 e. The van der Waals surface area contributed by atoms with Gasteiger partial charge in [-0.1, -0.05) is 65.0 Å². The second kappa shape index (κ2) is 34.0. The summed E-state index contributed by atoms with van der Waals surface area (Å²) in [6.07, 6.45) is -4.13. The van der Waals surface area contributed by atoms with Crippen molar-refractivity contribution >= 4 is 76.9 Å². The zero-order chi connectivity index (χ0) is 72.1. The number of fused-ring (bicyclic) bond motifs is 3. The molecule has 540 valence electrons. The van der Waals surface area contributed by atoms with Gasteiger partial charge in [0.15, 0.2) is 0 Å². The van der Waals surface area contributed by atoms with E-state index in [1.165, 1.54) is 71.1 Å². The number of hydrogen-bond donors (Lipinski definition) is 4. The Morgan fingerprint density at radius 1 is 0.680 bits per heavy atom. The van der Waals surface area contributed by atoms with Crippen molar-refractivity contribution in [2.75, 3.05) is 95.8 Å². The SMILES string of the molecule is CCO[C@@H]1C[C@H]2C(=O)NC3(CCC3)C(=O)N(C)[C@@H](C3CCCC3)C(=O)N(C)[C@H](C(=O)N(C)C)CC(=O)N(C)[C@@H](CC)C(=O)N[C@H]([C@@H](C)CC)C(=O)N(C)CC(=O)N(C)[C@H]3CCCCCN(C3=O)[C@@H](Cc3ccc(C(F)(F)F)cc3)C(=O)N(C)CC(=O)N[C@@H](OCC(=O)O)C(=O)N2C1. The maximum atomic E-state index is 15.3. The van der Waals surface area contributed by atoms with Crippen molar-refractivity contribution in [1.29, 1.82) is 0 Å². The Morgan fingerprint density at radius 2 is 1.31 bits per heavy atom. The molecule has 31 heteroatoms. The van der Waals surface area contributed by atoms with Crippen LogP contribution in [0, 0.1) is 11.8 Å². The number of nitrogens with zero attached hydrogens (tertiary/aromatic N) is 9. The summed E-state index contributed by atoms with van der Waals surface area (Å²) in [7, 11) is 10.9. The Labute approximate surface area is 564 Å². The van der Waals surface area contributed by atoms with Crippen molar-refractivity contribution < 1.29 is 90.1 Å². The minimum absolute atomic E-state index is 0.0172. The Balaban J connectivity index is 1.45. The maximum Gasteiger partial charge on any atom is 0.416 e. The van der Waals surface area contributed by atoms with Gasteiger partial charge in [-0.2, -0.15) is 13.2 Å². The van der Waals surface area contributed by atoms with Gasteiger partial charge < -0.3 is 74.6 Å². The molecule has 0 aromatic heterocycles. The molecule has 3 heterocycles. The molecule has 5 aliphatic rings. The second-order valence-electron chi connectivity index (χ2n) is 26.7. The van der Waals surface area contributed by atoms with Crippen LogP contribution in [0.2, 0.25) is 0 Å². The second-order valence-corrected chi connectivity index (χ2v) is 26.7. The van der Waals surface area contributed by atoms with E-state index < -0.39 is 193 Å². The number of nitrogens with one attached hydrogen (secondary N) is 3. The van der Waals surface area contributed by atoms with Crippen LogP contribution in [0.1, 0.15) is 135 Å². The van der Waals surface area contributed by atoms with Crippen LogP contribution in [0.5, 0.6) is 0 Å². The first-order chi connectivity index (χ1) is 45.6. The summed E-state index contributed by atoms with van der Waals surface area (Å²) in [6, 6.07) is -5.59. The quantitative estimate of drug-likeness (QED) is 0.230. The van der Waals surface area contributed by atoms with Crippen molar-refractivity contribution in [3.05, 3.63) is 35.4 Å². The van der Waals surface area contributed by atoms with Gasteiger partial charge in [-0.3, -0.25) is 57.5 Å². The molecule has 6 rings (SSSR count). The van der Waals surface area contributed by atoms with Crippen molar-refractivity contribution in [3.63, 3.8) is 0 Å². The summed E-state index contributed by atoms with van der Waals surface area (Å²) in [5.41, 5.74) is -2.47. The highest BCUT2D eigenvalue weighted by atomic mass is 19.4. The standard InChI is InChI=1S/C66H99F3N12O16/c1-13-39(4)53-61(92)75(8)37-51(84)77(10)45-24-17-16-20-31-80(60(45)91)48(32-40-25-27-42(28-26-40)66(67,68)69)59(90)74(7)36-49(82)70-57(97-38-52(85)86)63(94)81-35-43(96-15-3)33-46(81)56(88)72-65(29-21-30-65)64(95)79(12)54(41-22-18-19-23-41)62(93)78(11)47(58(89)73(5)6)34-50(83)76(9)44(14-2)55(87)71-53/h25-28,39,41,43-48,53-54,57H,13-24,29-38H2,1-12H3,(H,70,82)(H,71,87)(H,72,88)(H,85,86)/t39-,43+,44-,45-,46-,47-,48-,53+,54-,57-/m0/s1. The van der Waals surface area contributed by atoms with Crippen LogP contribution in [0.4, 0.5) is 13.2 Å². The average molecular weight is 1370 g/mol. The first kappa shape index (κ1) is 78.0. The number of carbonyl (C=O) groups is 13. The van der Waals surface area contributed by atoms with Crippen LogP contribution in [0.3, 0.4) is 0 Å². The van der Waals surface area contributed by atoms with Crippen LogP contribution in [-0.4, -0.2) is 282 Å². The van der Waals surface area contributed by atoms with Crippen molar-refractivity contribution in [1.82, 2.24) is 60.0 Å². The Hall–Kier alpha value is -7.96. The molecule has 3 saturated heterocycles. The van der Waals surface area contributed by atoms with Crippen LogP contribution in [0.25, 0.3) is 0 Å². The molecule has 4 N–H and O–H groups in total. The highest BCUT2D eigenvalue weighted by Gasteiger charge is 2.54. The molecule has 10 atom stereocenters. The molecule has 12 amide bonds. The molecule has 2 bridgehead atoms. The number of carboxylic acid groups (broad SMARTS) is 1. The minimum atomic E-state index is -4.73. The molecular formula is C66H99F3N12O16. The number of ether oxygens (including phenoxy) is 2. The first-order valence-corrected chi connectivity index (χ1v) is 33.5. The number of benzene rings is 1. The summed E-state index contributed by atoms with van der Waals surface area (Å²) in [5, 5.41) is 17.8. The van der Waals surface area contributed by atoms with Crippen LogP contribution in [-0.2, 0) is 84.4 Å². The summed E-state index contributed by atoms with van der Waals surface area (Å²) >= 11 is 0. The highest BCUT2D eigenvalue weighted by molar-refractivity contribution is 6.01. The van der Waals surface area contributed by atoms with Crippen molar-refractivity contribution in [2.24, 2.45) is 11.8 Å². The third-order valence-electron chi connectivity index (χ3n) is 19.9. The molecule has 1 spiro atoms. The summed E-state index contributed by atoms with van der Waals surface area (Å²) in [6.45, 7) is 3.85. The molecule has 3 aliphatic heterocycles. The Morgan fingerprint density at radius 3 is 1.88 bits per heavy atom. The van der Waals surface area contributed by atoms with E-state index in [-0.39, 0.29) is 57.4 Å². The van der Waals surface area contributed by atoms with E-state index in [9.17, 15) is 61.4 Å². The number of rotatable bonds is 12. The molecular weight excluding hydrogens is 1270 g/mol. The van der Waals surface area contributed by atoms with Gasteiger partial charge in [0.2, 0.25) is 71.2 Å². The van der Waals surface area contributed by atoms with E-state index in [0.717, 1.165) is 53.7 Å². The van der Waals surface area contributed by atoms with Gasteiger partial charge in [0.1, 0.15) is 54.4 Å². The number of aliphatic carboxylic acids is 1. The fraction of sp³-hybridized carbons (Fsp3) is 0.712. The molecule has 2 saturated carbocycles. The smallest absolute Gasteiger partial charge is 0.416 e. The Kier molecular flexibility index (Phi) is 27.4. The van der Waals surface area contributed by atoms with E-state index in [1.807, 2.05) is 0 Å². The van der Waals surface area contributed by atoms with Gasteiger partial charge in [0.25, 0.3) is 5.91 Å². The zero-order valence-corrected chi connectivity index (χ0v) is 57.9. The Bertz CT molecular complexity index is 3060. The normalized spacial score (nSPS) is 27.2. The predicted molar refractivity (Wildman–Crippen MR) is 343 cm³/mol. The lowest BCUT2D eigenvalue weighted by Gasteiger charge is -2.46. The molecule has 1 aromatic rings. The molecule has 2 aliphatic carbocycles. The largest absolute Gasteiger partial charge is 0.480 e. The van der Waals surface area contributed by atoms with E-state index in [1.54, 1.807) is 27.7 Å². The maximum absolute atomic E-state index is 15.3. The van der Waals surface area contributed by atoms with E-state index in [0.29, 0.717) is 57.8 Å². The zero-order valence-electron chi connectivity index (χ0n) is 57.9. The first-order valence-electron chi connectivity index (χ1n) is 33.5. The lowest BCUT2D eigenvalue weighted by Crippen LogP contribution is -2.68. The van der Waals surface area contributed by atoms with E-state index >= 15 is 19.2 Å². The van der Waals surface area contributed by atoms with Gasteiger partial charge in [-0.05, 0) is 87.8 Å². The van der Waals surface area contributed by atoms with Gasteiger partial charge in [0.05, 0.1) is 31.2 Å². The monoisotopic (exact) mass is 1370 g/mol. The number of carboxylic acids is 1. The lowest BCUT2D eigenvalue weighted by atomic mass is 9.74. The third-order valence-corrected chi connectivity index (χ3v) is 19.9. The van der Waals surface area contributed by atoms with Crippen molar-refractivity contribution in [2.45, 2.75) is 197 Å². The molecule has 0 unspecified atom stereocenters. The van der Waals surface area contributed by atoms with E-state index in [2.05, 4.69) is 16.0 Å². The number of amides is 12. The van der Waals surface area contributed by atoms with Crippen LogP contribution in [0.15, 0.2) is 24.3 Å².